The van der Waals surface area contributed by atoms with Crippen LogP contribution in [0.1, 0.15) is 67.9 Å². The van der Waals surface area contributed by atoms with Crippen LogP contribution in [-0.4, -0.2) is 35.8 Å². The largest absolute Gasteiger partial charge is 0.460 e. The maximum Gasteiger partial charge on any atom is 0.311 e. The molecule has 1 rings (SSSR count). The van der Waals surface area contributed by atoms with Gasteiger partial charge in [-0.1, -0.05) is 46.8 Å². The number of esters is 1. The van der Waals surface area contributed by atoms with Crippen molar-refractivity contribution >= 4 is 29.4 Å². The Hall–Kier alpha value is -2.90. The van der Waals surface area contributed by atoms with Gasteiger partial charge in [-0.2, -0.15) is 0 Å². The quantitative estimate of drug-likeness (QED) is 0.514. The highest BCUT2D eigenvalue weighted by Gasteiger charge is 2.31. The van der Waals surface area contributed by atoms with E-state index in [4.69, 9.17) is 4.74 Å². The Kier molecular flexibility index (Phi) is 9.63. The van der Waals surface area contributed by atoms with Crippen molar-refractivity contribution in [1.29, 1.82) is 0 Å². The smallest absolute Gasteiger partial charge is 0.311 e. The van der Waals surface area contributed by atoms with E-state index in [0.29, 0.717) is 5.69 Å². The van der Waals surface area contributed by atoms with E-state index in [2.05, 4.69) is 16.0 Å². The van der Waals surface area contributed by atoms with Gasteiger partial charge in [-0.25, -0.2) is 0 Å². The summed E-state index contributed by atoms with van der Waals surface area (Å²) in [5.74, 6) is -1.47. The topological polar surface area (TPSA) is 114 Å². The lowest BCUT2D eigenvalue weighted by Gasteiger charge is -2.27. The van der Waals surface area contributed by atoms with E-state index >= 15 is 0 Å². The minimum atomic E-state index is -0.808. The molecule has 0 saturated carbocycles. The van der Waals surface area contributed by atoms with Crippen LogP contribution in [0.5, 0.6) is 0 Å². The number of amides is 3. The number of rotatable bonds is 8. The van der Waals surface area contributed by atoms with Gasteiger partial charge in [0.1, 0.15) is 18.7 Å². The summed E-state index contributed by atoms with van der Waals surface area (Å²) < 4.78 is 5.28. The van der Waals surface area contributed by atoms with Crippen molar-refractivity contribution in [1.82, 2.24) is 10.6 Å². The first kappa shape index (κ1) is 28.1. The van der Waals surface area contributed by atoms with Gasteiger partial charge in [0.2, 0.25) is 17.7 Å². The second-order valence-corrected chi connectivity index (χ2v) is 10.7. The molecule has 1 aromatic carbocycles. The van der Waals surface area contributed by atoms with Crippen LogP contribution in [0.2, 0.25) is 0 Å². The summed E-state index contributed by atoms with van der Waals surface area (Å²) in [6, 6.07) is 5.36. The molecule has 0 bridgehead atoms. The highest BCUT2D eigenvalue weighted by molar-refractivity contribution is 5.98. The third kappa shape index (κ3) is 9.24. The molecule has 0 fully saturated rings. The minimum absolute atomic E-state index is 0.146. The first-order chi connectivity index (χ1) is 15.0. The standard InChI is InChI=1S/C25H39N3O5/c1-15(2)19(28-22(31)24(4,5)6)21(30)26-16(3)20(29)27-18-12-10-17(11-13-18)14-33-23(32)25(7,8)9/h10-13,15-16,19H,14H2,1-9H3,(H,26,30)(H,27,29)(H,28,31)/t16-,19-/m0/s1. The van der Waals surface area contributed by atoms with Crippen LogP contribution in [0, 0.1) is 16.7 Å². The molecule has 0 radical (unpaired) electrons. The van der Waals surface area contributed by atoms with Crippen LogP contribution in [0.3, 0.4) is 0 Å². The van der Waals surface area contributed by atoms with Crippen LogP contribution in [0.25, 0.3) is 0 Å². The molecule has 0 aliphatic rings. The van der Waals surface area contributed by atoms with Gasteiger partial charge in [-0.3, -0.25) is 19.2 Å². The van der Waals surface area contributed by atoms with Crippen LogP contribution in [-0.2, 0) is 30.5 Å². The third-order valence-corrected chi connectivity index (χ3v) is 4.87. The lowest BCUT2D eigenvalue weighted by Crippen LogP contribution is -2.55. The Morgan fingerprint density at radius 3 is 1.82 bits per heavy atom. The van der Waals surface area contributed by atoms with E-state index in [0.717, 1.165) is 5.56 Å². The monoisotopic (exact) mass is 461 g/mol. The Balaban J connectivity index is 2.67. The Labute approximate surface area is 197 Å². The number of carbonyl (C=O) groups is 4. The normalized spacial score (nSPS) is 13.6. The molecular formula is C25H39N3O5. The molecular weight excluding hydrogens is 422 g/mol. The second kappa shape index (κ2) is 11.3. The van der Waals surface area contributed by atoms with Crippen molar-refractivity contribution in [3.63, 3.8) is 0 Å². The van der Waals surface area contributed by atoms with Gasteiger partial charge >= 0.3 is 5.97 Å². The van der Waals surface area contributed by atoms with Crippen LogP contribution in [0.4, 0.5) is 5.69 Å². The maximum atomic E-state index is 12.7. The molecule has 3 amide bonds. The van der Waals surface area contributed by atoms with Crippen LogP contribution < -0.4 is 16.0 Å². The summed E-state index contributed by atoms with van der Waals surface area (Å²) in [5.41, 5.74) is 0.140. The van der Waals surface area contributed by atoms with E-state index in [1.165, 1.54) is 0 Å². The fraction of sp³-hybridized carbons (Fsp3) is 0.600. The molecule has 0 aliphatic carbocycles. The van der Waals surface area contributed by atoms with Crippen LogP contribution in [0.15, 0.2) is 24.3 Å². The third-order valence-electron chi connectivity index (χ3n) is 4.87. The highest BCUT2D eigenvalue weighted by atomic mass is 16.5. The summed E-state index contributed by atoms with van der Waals surface area (Å²) >= 11 is 0. The van der Waals surface area contributed by atoms with Crippen molar-refractivity contribution in [3.8, 4) is 0 Å². The number of ether oxygens (including phenoxy) is 1. The zero-order valence-electron chi connectivity index (χ0n) is 21.3. The summed E-state index contributed by atoms with van der Waals surface area (Å²) in [5, 5.41) is 8.19. The van der Waals surface area contributed by atoms with Gasteiger partial charge in [0, 0.05) is 11.1 Å². The molecule has 33 heavy (non-hydrogen) atoms. The van der Waals surface area contributed by atoms with Gasteiger partial charge in [0.15, 0.2) is 0 Å². The molecule has 3 N–H and O–H groups in total. The Bertz CT molecular complexity index is 848. The first-order valence-electron chi connectivity index (χ1n) is 11.2. The molecule has 0 spiro atoms. The molecule has 0 aromatic heterocycles. The van der Waals surface area contributed by atoms with E-state index in [9.17, 15) is 19.2 Å². The Morgan fingerprint density at radius 1 is 0.818 bits per heavy atom. The molecule has 0 aliphatic heterocycles. The predicted molar refractivity (Wildman–Crippen MR) is 128 cm³/mol. The first-order valence-corrected chi connectivity index (χ1v) is 11.2. The number of hydrogen-bond acceptors (Lipinski definition) is 5. The van der Waals surface area contributed by atoms with Gasteiger partial charge in [0.05, 0.1) is 5.41 Å². The molecule has 184 valence electrons. The summed E-state index contributed by atoms with van der Waals surface area (Å²) in [7, 11) is 0. The van der Waals surface area contributed by atoms with Crippen molar-refractivity contribution in [2.75, 3.05) is 5.32 Å². The van der Waals surface area contributed by atoms with E-state index in [-0.39, 0.29) is 30.3 Å². The van der Waals surface area contributed by atoms with Gasteiger partial charge in [0.25, 0.3) is 0 Å². The fourth-order valence-electron chi connectivity index (χ4n) is 2.56. The number of carbonyl (C=O) groups excluding carboxylic acids is 4. The zero-order valence-corrected chi connectivity index (χ0v) is 21.3. The average molecular weight is 462 g/mol. The second-order valence-electron chi connectivity index (χ2n) is 10.7. The summed E-state index contributed by atoms with van der Waals surface area (Å²) in [4.78, 5) is 49.4. The average Bonchev–Trinajstić information content (AvgIpc) is 2.68. The molecule has 0 unspecified atom stereocenters. The van der Waals surface area contributed by atoms with Crippen molar-refractivity contribution in [2.24, 2.45) is 16.7 Å². The Morgan fingerprint density at radius 2 is 1.36 bits per heavy atom. The molecule has 2 atom stereocenters. The fourth-order valence-corrected chi connectivity index (χ4v) is 2.56. The number of benzene rings is 1. The molecule has 8 nitrogen and oxygen atoms in total. The lowest BCUT2D eigenvalue weighted by atomic mass is 9.93. The minimum Gasteiger partial charge on any atom is -0.460 e. The summed E-state index contributed by atoms with van der Waals surface area (Å²) in [6.45, 7) is 16.1. The molecule has 8 heteroatoms. The van der Waals surface area contributed by atoms with Crippen molar-refractivity contribution in [3.05, 3.63) is 29.8 Å². The number of nitrogens with one attached hydrogen (secondary N) is 3. The zero-order chi connectivity index (χ0) is 25.6. The van der Waals surface area contributed by atoms with Gasteiger partial charge < -0.3 is 20.7 Å². The molecule has 0 heterocycles. The SMILES string of the molecule is CC(C)[C@H](NC(=O)C(C)(C)C)C(=O)N[C@@H](C)C(=O)Nc1ccc(COC(=O)C(C)(C)C)cc1. The van der Waals surface area contributed by atoms with E-state index in [1.54, 1.807) is 72.7 Å². The molecule has 1 aromatic rings. The highest BCUT2D eigenvalue weighted by Crippen LogP contribution is 2.18. The molecule has 0 saturated heterocycles. The summed E-state index contributed by atoms with van der Waals surface area (Å²) in [6.07, 6.45) is 0. The van der Waals surface area contributed by atoms with E-state index in [1.807, 2.05) is 13.8 Å². The predicted octanol–water partition coefficient (Wildman–Crippen LogP) is 3.41. The number of anilines is 1. The van der Waals surface area contributed by atoms with Crippen molar-refractivity contribution in [2.45, 2.75) is 81.0 Å². The van der Waals surface area contributed by atoms with Crippen LogP contribution >= 0.6 is 0 Å². The maximum absolute atomic E-state index is 12.7. The van der Waals surface area contributed by atoms with Crippen molar-refractivity contribution < 1.29 is 23.9 Å². The lowest BCUT2D eigenvalue weighted by molar-refractivity contribution is -0.154. The van der Waals surface area contributed by atoms with Gasteiger partial charge in [-0.15, -0.1) is 0 Å². The van der Waals surface area contributed by atoms with E-state index < -0.39 is 28.8 Å². The number of hydrogen-bond donors (Lipinski definition) is 3. The van der Waals surface area contributed by atoms with Gasteiger partial charge in [-0.05, 0) is 51.3 Å².